The Kier molecular flexibility index (Phi) is 28.7. The molecule has 0 spiro atoms. The summed E-state index contributed by atoms with van der Waals surface area (Å²) >= 11 is 0. The molecule has 41 heavy (non-hydrogen) atoms. The molecule has 6 heteroatoms. The van der Waals surface area contributed by atoms with E-state index in [9.17, 15) is 19.8 Å². The van der Waals surface area contributed by atoms with Crippen LogP contribution in [0.2, 0.25) is 0 Å². The van der Waals surface area contributed by atoms with E-state index in [0.717, 1.165) is 51.4 Å². The van der Waals surface area contributed by atoms with Gasteiger partial charge in [-0.3, -0.25) is 9.59 Å². The predicted octanol–water partition coefficient (Wildman–Crippen LogP) is 8.25. The fraction of sp³-hybridized carbons (Fsp3) is 0.657. The normalized spacial score (nSPS) is 13.8. The Morgan fingerprint density at radius 3 is 1.66 bits per heavy atom. The molecule has 234 valence electrons. The van der Waals surface area contributed by atoms with Crippen LogP contribution in [0.4, 0.5) is 0 Å². The highest BCUT2D eigenvalue weighted by Crippen LogP contribution is 2.11. The number of esters is 2. The maximum atomic E-state index is 11.9. The molecule has 0 amide bonds. The summed E-state index contributed by atoms with van der Waals surface area (Å²) in [5, 5.41) is 19.3. The van der Waals surface area contributed by atoms with Gasteiger partial charge in [0, 0.05) is 12.8 Å². The minimum atomic E-state index is -0.994. The van der Waals surface area contributed by atoms with Crippen LogP contribution in [0.25, 0.3) is 0 Å². The fourth-order valence-corrected chi connectivity index (χ4v) is 3.84. The van der Waals surface area contributed by atoms with Crippen LogP contribution in [0.15, 0.2) is 60.8 Å². The molecule has 2 atom stereocenters. The van der Waals surface area contributed by atoms with Crippen molar-refractivity contribution in [3.8, 4) is 0 Å². The zero-order valence-corrected chi connectivity index (χ0v) is 25.9. The van der Waals surface area contributed by atoms with Crippen molar-refractivity contribution in [3.05, 3.63) is 60.8 Å². The molecule has 2 N–H and O–H groups in total. The Labute approximate surface area is 250 Å². The minimum absolute atomic E-state index is 0.144. The summed E-state index contributed by atoms with van der Waals surface area (Å²) < 4.78 is 10.2. The minimum Gasteiger partial charge on any atom is -0.463 e. The van der Waals surface area contributed by atoms with Crippen molar-refractivity contribution in [3.63, 3.8) is 0 Å². The summed E-state index contributed by atoms with van der Waals surface area (Å²) in [6.45, 7) is 3.87. The molecule has 0 rings (SSSR count). The maximum absolute atomic E-state index is 11.9. The van der Waals surface area contributed by atoms with Gasteiger partial charge in [-0.25, -0.2) is 0 Å². The highest BCUT2D eigenvalue weighted by Gasteiger charge is 2.11. The lowest BCUT2D eigenvalue weighted by atomic mass is 10.1. The molecule has 0 saturated heterocycles. The lowest BCUT2D eigenvalue weighted by Crippen LogP contribution is -2.25. The van der Waals surface area contributed by atoms with E-state index in [2.05, 4.69) is 49.5 Å². The summed E-state index contributed by atoms with van der Waals surface area (Å²) in [5.74, 6) is -0.660. The van der Waals surface area contributed by atoms with Crippen LogP contribution in [0.5, 0.6) is 0 Å². The molecular weight excluding hydrogens is 516 g/mol. The van der Waals surface area contributed by atoms with Gasteiger partial charge in [0.15, 0.2) is 0 Å². The van der Waals surface area contributed by atoms with E-state index in [1.807, 2.05) is 19.1 Å². The first-order chi connectivity index (χ1) is 20.0. The Bertz CT molecular complexity index is 765. The first kappa shape index (κ1) is 38.6. The van der Waals surface area contributed by atoms with Gasteiger partial charge in [0.2, 0.25) is 0 Å². The van der Waals surface area contributed by atoms with Crippen LogP contribution >= 0.6 is 0 Å². The number of carbonyl (C=O) groups is 2. The highest BCUT2D eigenvalue weighted by molar-refractivity contribution is 5.69. The zero-order valence-electron chi connectivity index (χ0n) is 25.9. The van der Waals surface area contributed by atoms with Gasteiger partial charge in [0.1, 0.15) is 19.3 Å². The molecule has 6 nitrogen and oxygen atoms in total. The first-order valence-corrected chi connectivity index (χ1v) is 15.9. The van der Waals surface area contributed by atoms with E-state index in [4.69, 9.17) is 9.47 Å². The molecule has 0 fully saturated rings. The number of carbonyl (C=O) groups excluding carboxylic acids is 2. The van der Waals surface area contributed by atoms with Gasteiger partial charge < -0.3 is 19.7 Å². The zero-order chi connectivity index (χ0) is 30.2. The van der Waals surface area contributed by atoms with Crippen molar-refractivity contribution in [2.75, 3.05) is 13.2 Å². The lowest BCUT2D eigenvalue weighted by molar-refractivity contribution is -0.152. The summed E-state index contributed by atoms with van der Waals surface area (Å²) in [7, 11) is 0. The van der Waals surface area contributed by atoms with Crippen LogP contribution in [0.1, 0.15) is 123 Å². The molecule has 0 radical (unpaired) electrons. The number of ether oxygens (including phenoxy) is 2. The van der Waals surface area contributed by atoms with Crippen LogP contribution in [-0.4, -0.2) is 47.6 Å². The molecular formula is C35H58O6. The Morgan fingerprint density at radius 2 is 1.10 bits per heavy atom. The third kappa shape index (κ3) is 30.3. The Morgan fingerprint density at radius 1 is 0.610 bits per heavy atom. The van der Waals surface area contributed by atoms with Crippen LogP contribution in [0, 0.1) is 0 Å². The quantitative estimate of drug-likeness (QED) is 0.0444. The van der Waals surface area contributed by atoms with Gasteiger partial charge in [0.25, 0.3) is 0 Å². The van der Waals surface area contributed by atoms with Gasteiger partial charge >= 0.3 is 11.9 Å². The van der Waals surface area contributed by atoms with Crippen LogP contribution < -0.4 is 0 Å². The van der Waals surface area contributed by atoms with Gasteiger partial charge in [-0.05, 0) is 44.9 Å². The molecule has 0 heterocycles. The van der Waals surface area contributed by atoms with Gasteiger partial charge in [0.05, 0.1) is 6.10 Å². The van der Waals surface area contributed by atoms with Crippen LogP contribution in [-0.2, 0) is 19.1 Å². The third-order valence-corrected chi connectivity index (χ3v) is 6.42. The monoisotopic (exact) mass is 574 g/mol. The lowest BCUT2D eigenvalue weighted by Gasteiger charge is -2.12. The molecule has 0 saturated carbocycles. The average Bonchev–Trinajstić information content (AvgIpc) is 2.97. The second kappa shape index (κ2) is 30.5. The smallest absolute Gasteiger partial charge is 0.305 e. The number of aliphatic hydroxyl groups excluding tert-OH is 2. The second-order valence-corrected chi connectivity index (χ2v) is 10.4. The van der Waals surface area contributed by atoms with E-state index in [1.54, 1.807) is 6.08 Å². The summed E-state index contributed by atoms with van der Waals surface area (Å²) in [6.07, 6.45) is 35.1. The number of unbranched alkanes of at least 4 members (excludes halogenated alkanes) is 9. The topological polar surface area (TPSA) is 93.1 Å². The fourth-order valence-electron chi connectivity index (χ4n) is 3.84. The number of allylic oxidation sites excluding steroid dienone is 9. The van der Waals surface area contributed by atoms with E-state index < -0.39 is 6.10 Å². The number of hydrogen-bond acceptors (Lipinski definition) is 6. The molecule has 0 aliphatic rings. The van der Waals surface area contributed by atoms with E-state index in [0.29, 0.717) is 19.3 Å². The average molecular weight is 575 g/mol. The molecule has 0 aliphatic heterocycles. The van der Waals surface area contributed by atoms with Crippen molar-refractivity contribution < 1.29 is 29.3 Å². The Hall–Kier alpha value is -2.44. The van der Waals surface area contributed by atoms with Crippen LogP contribution in [0.3, 0.4) is 0 Å². The summed E-state index contributed by atoms with van der Waals surface area (Å²) in [4.78, 5) is 23.7. The second-order valence-electron chi connectivity index (χ2n) is 10.4. The van der Waals surface area contributed by atoms with Crippen molar-refractivity contribution in [1.29, 1.82) is 0 Å². The highest BCUT2D eigenvalue weighted by atomic mass is 16.6. The molecule has 0 aromatic rings. The molecule has 0 aromatic carbocycles. The van der Waals surface area contributed by atoms with E-state index in [1.165, 1.54) is 38.5 Å². The molecule has 0 bridgehead atoms. The first-order valence-electron chi connectivity index (χ1n) is 15.9. The number of aliphatic hydroxyl groups is 2. The third-order valence-electron chi connectivity index (χ3n) is 6.42. The van der Waals surface area contributed by atoms with Crippen molar-refractivity contribution in [1.82, 2.24) is 0 Å². The standard InChI is InChI=1S/C35H58O6/c1-3-5-6-7-8-15-19-22-25-28-34(38)40-30-33(37)31-41-35(39)29-26-23-20-17-14-12-10-9-11-13-16-18-21-24-27-32(36)4-2/h10-13,17-18,20-21,24,27,32-33,36-37H,3-9,14-16,19,22-23,25-26,28-31H2,1-2H3/b12-10-,13-11-,20-17-,21-18-,27-24+/t32-,33+/m0/s1. The maximum Gasteiger partial charge on any atom is 0.305 e. The van der Waals surface area contributed by atoms with Crippen molar-refractivity contribution >= 4 is 11.9 Å². The SMILES string of the molecule is CCCCCCCCCCCC(=O)OC[C@@H](O)COC(=O)CCC/C=C\C/C=C\C/C=C\C/C=C\C=C\[C@@H](O)CC. The van der Waals surface area contributed by atoms with E-state index in [-0.39, 0.29) is 31.3 Å². The molecule has 0 unspecified atom stereocenters. The molecule has 0 aromatic heterocycles. The summed E-state index contributed by atoms with van der Waals surface area (Å²) in [5.41, 5.74) is 0. The Balaban J connectivity index is 3.64. The van der Waals surface area contributed by atoms with Crippen molar-refractivity contribution in [2.45, 2.75) is 135 Å². The van der Waals surface area contributed by atoms with E-state index >= 15 is 0 Å². The largest absolute Gasteiger partial charge is 0.463 e. The van der Waals surface area contributed by atoms with Gasteiger partial charge in [-0.15, -0.1) is 0 Å². The molecule has 0 aliphatic carbocycles. The number of hydrogen-bond donors (Lipinski definition) is 2. The summed E-state index contributed by atoms with van der Waals surface area (Å²) in [6, 6.07) is 0. The van der Waals surface area contributed by atoms with Gasteiger partial charge in [-0.1, -0.05) is 126 Å². The van der Waals surface area contributed by atoms with Crippen molar-refractivity contribution in [2.24, 2.45) is 0 Å². The van der Waals surface area contributed by atoms with Gasteiger partial charge in [-0.2, -0.15) is 0 Å². The number of rotatable bonds is 27. The predicted molar refractivity (Wildman–Crippen MR) is 169 cm³/mol.